The zero-order valence-corrected chi connectivity index (χ0v) is 25.5. The van der Waals surface area contributed by atoms with Gasteiger partial charge in [-0.1, -0.05) is 92.0 Å². The Bertz CT molecular complexity index is 1670. The van der Waals surface area contributed by atoms with Crippen molar-refractivity contribution >= 4 is 51.9 Å². The summed E-state index contributed by atoms with van der Waals surface area (Å²) in [7, 11) is -4.42. The van der Waals surface area contributed by atoms with Crippen LogP contribution in [0.25, 0.3) is 10.9 Å². The number of aromatic nitrogens is 1. The lowest BCUT2D eigenvalue weighted by atomic mass is 10.0. The van der Waals surface area contributed by atoms with Crippen LogP contribution in [0.3, 0.4) is 0 Å². The minimum Gasteiger partial charge on any atom is -0.347 e. The third-order valence-electron chi connectivity index (χ3n) is 7.24. The molecule has 0 aliphatic carbocycles. The number of unbranched alkanes of at least 4 members (excludes halogenated alkanes) is 3. The Kier molecular flexibility index (Phi) is 10.4. The molecule has 4 rings (SSSR count). The Morgan fingerprint density at radius 2 is 1.42 bits per heavy atom. The van der Waals surface area contributed by atoms with Crippen molar-refractivity contribution in [1.29, 1.82) is 0 Å². The second-order valence-electron chi connectivity index (χ2n) is 10.2. The van der Waals surface area contributed by atoms with Crippen LogP contribution in [0.15, 0.2) is 90.2 Å². The highest BCUT2D eigenvalue weighted by Gasteiger charge is 2.43. The molecule has 222 valence electrons. The van der Waals surface area contributed by atoms with E-state index in [1.54, 1.807) is 48.7 Å². The Labute approximate surface area is 251 Å². The topological polar surface area (TPSA) is 112 Å². The van der Waals surface area contributed by atoms with Crippen molar-refractivity contribution in [2.75, 3.05) is 0 Å². The summed E-state index contributed by atoms with van der Waals surface area (Å²) in [6, 6.07) is 20.9. The molecule has 4 aromatic rings. The molecule has 0 N–H and O–H groups in total. The lowest BCUT2D eigenvalue weighted by Gasteiger charge is -2.17. The summed E-state index contributed by atoms with van der Waals surface area (Å²) in [5, 5.41) is 4.35. The van der Waals surface area contributed by atoms with Crippen molar-refractivity contribution in [2.24, 2.45) is 5.16 Å². The average molecular weight is 599 g/mol. The molecule has 0 unspecified atom stereocenters. The van der Waals surface area contributed by atoms with E-state index in [1.165, 1.54) is 43.3 Å². The van der Waals surface area contributed by atoms with Gasteiger partial charge in [0.25, 0.3) is 0 Å². The first-order chi connectivity index (χ1) is 20.7. The summed E-state index contributed by atoms with van der Waals surface area (Å²) in [5.74, 6) is -1.08. The van der Waals surface area contributed by atoms with Crippen LogP contribution in [0.2, 0.25) is 0 Å². The third kappa shape index (κ3) is 6.81. The Hall–Kier alpha value is -4.42. The van der Waals surface area contributed by atoms with E-state index in [2.05, 4.69) is 12.1 Å². The molecule has 0 fully saturated rings. The number of carbonyl (C=O) groups excluding carboxylic acids is 4. The van der Waals surface area contributed by atoms with Crippen LogP contribution in [0, 0.1) is 0 Å². The van der Waals surface area contributed by atoms with E-state index in [0.717, 1.165) is 19.3 Å². The van der Waals surface area contributed by atoms with Crippen molar-refractivity contribution < 1.29 is 28.6 Å². The normalized spacial score (nSPS) is 11.8. The predicted octanol–water partition coefficient (Wildman–Crippen LogP) is 7.40. The number of nitrogens with zero attached hydrogens (tertiary/aromatic N) is 2. The first kappa shape index (κ1) is 31.5. The highest BCUT2D eigenvalue weighted by molar-refractivity contribution is 8.01. The Morgan fingerprint density at radius 1 is 0.814 bits per heavy atom. The molecule has 0 atom stereocenters. The number of benzene rings is 3. The van der Waals surface area contributed by atoms with Gasteiger partial charge in [-0.15, -0.1) is 0 Å². The minimum atomic E-state index is -4.42. The third-order valence-corrected chi connectivity index (χ3v) is 9.91. The van der Waals surface area contributed by atoms with Gasteiger partial charge < -0.3 is 14.0 Å². The van der Waals surface area contributed by atoms with Crippen LogP contribution in [-0.4, -0.2) is 33.1 Å². The molecule has 0 aliphatic rings. The largest absolute Gasteiger partial charge is 0.347 e. The van der Waals surface area contributed by atoms with E-state index in [1.807, 2.05) is 11.5 Å². The van der Waals surface area contributed by atoms with Crippen LogP contribution in [-0.2, 0) is 20.7 Å². The second kappa shape index (κ2) is 14.2. The van der Waals surface area contributed by atoms with Crippen LogP contribution in [0.5, 0.6) is 0 Å². The number of fused-ring (bicyclic) bond motifs is 1. The van der Waals surface area contributed by atoms with Crippen LogP contribution in [0.1, 0.15) is 83.9 Å². The molecule has 43 heavy (non-hydrogen) atoms. The maximum atomic E-state index is 14.9. The van der Waals surface area contributed by atoms with Gasteiger partial charge in [0.1, 0.15) is 5.71 Å². The van der Waals surface area contributed by atoms with Gasteiger partial charge in [-0.05, 0) is 38.0 Å². The molecular formula is C34H35N2O6P. The van der Waals surface area contributed by atoms with Crippen LogP contribution in [0.4, 0.5) is 0 Å². The zero-order chi connectivity index (χ0) is 31.0. The van der Waals surface area contributed by atoms with Gasteiger partial charge in [-0.2, -0.15) is 0 Å². The molecule has 9 heteroatoms. The van der Waals surface area contributed by atoms with Gasteiger partial charge in [0.15, 0.2) is 0 Å². The van der Waals surface area contributed by atoms with Crippen molar-refractivity contribution in [3.8, 4) is 0 Å². The van der Waals surface area contributed by atoms with E-state index in [9.17, 15) is 23.7 Å². The van der Waals surface area contributed by atoms with Gasteiger partial charge in [0.2, 0.25) is 24.0 Å². The fraction of sp³-hybridized carbons (Fsp3) is 0.265. The number of ketones is 1. The van der Waals surface area contributed by atoms with Crippen molar-refractivity contribution in [3.05, 3.63) is 102 Å². The number of aryl methyl sites for hydroxylation is 1. The van der Waals surface area contributed by atoms with Gasteiger partial charge in [0, 0.05) is 52.6 Å². The molecule has 1 heterocycles. The van der Waals surface area contributed by atoms with Crippen LogP contribution < -0.4 is 5.30 Å². The van der Waals surface area contributed by atoms with E-state index >= 15 is 0 Å². The maximum absolute atomic E-state index is 14.9. The molecule has 0 spiro atoms. The lowest BCUT2D eigenvalue weighted by molar-refractivity contribution is -0.140. The molecule has 0 bridgehead atoms. The highest BCUT2D eigenvalue weighted by Crippen LogP contribution is 2.51. The van der Waals surface area contributed by atoms with E-state index in [4.69, 9.17) is 4.84 Å². The van der Waals surface area contributed by atoms with Crippen LogP contribution >= 0.6 is 7.14 Å². The molecule has 8 nitrogen and oxygen atoms in total. The predicted molar refractivity (Wildman–Crippen MR) is 169 cm³/mol. The quantitative estimate of drug-likeness (QED) is 0.0373. The van der Waals surface area contributed by atoms with Crippen molar-refractivity contribution in [2.45, 2.75) is 59.4 Å². The molecular weight excluding hydrogens is 563 g/mol. The maximum Gasteiger partial charge on any atom is 0.331 e. The van der Waals surface area contributed by atoms with Crippen molar-refractivity contribution in [1.82, 2.24) is 4.57 Å². The lowest BCUT2D eigenvalue weighted by Crippen LogP contribution is -2.21. The Balaban J connectivity index is 1.88. The fourth-order valence-corrected chi connectivity index (χ4v) is 7.24. The van der Waals surface area contributed by atoms with Gasteiger partial charge in [-0.3, -0.25) is 14.4 Å². The molecule has 0 saturated heterocycles. The fourth-order valence-electron chi connectivity index (χ4n) is 4.97. The molecule has 0 saturated carbocycles. The first-order valence-electron chi connectivity index (χ1n) is 14.4. The molecule has 3 aromatic carbocycles. The molecule has 0 amide bonds. The first-order valence-corrected chi connectivity index (χ1v) is 16.2. The number of hydrogen-bond acceptors (Lipinski definition) is 7. The summed E-state index contributed by atoms with van der Waals surface area (Å²) >= 11 is 0. The number of hydrogen-bond donors (Lipinski definition) is 0. The number of rotatable bonds is 14. The number of Topliss-reactive ketones (excluding diaryl/α,β-unsaturated/α-hetero) is 1. The SMILES string of the molecule is CCCCCC/C(=N\OC(C)=O)C(=O)c1cn(CC)c2ccc(P(=O)(C(=O)c3ccccc3)C(=O)c3ccccc3)cc12. The standard InChI is InChI=1S/C34H35N2O6P/c1-4-6-7-14-19-30(35-42-24(3)37)32(38)29-23-36(5-2)31-21-20-27(22-28(29)31)43(41,33(39)25-15-10-8-11-16-25)34(40)26-17-12-9-13-18-26/h8-13,15-18,20-23H,4-7,14,19H2,1-3H3/b35-30+. The van der Waals surface area contributed by atoms with E-state index in [-0.39, 0.29) is 27.7 Å². The van der Waals surface area contributed by atoms with E-state index < -0.39 is 29.9 Å². The minimum absolute atomic E-state index is 0.0343. The molecule has 1 aromatic heterocycles. The zero-order valence-electron chi connectivity index (χ0n) is 24.6. The van der Waals surface area contributed by atoms with Gasteiger partial charge in [0.05, 0.1) is 0 Å². The molecule has 0 aliphatic heterocycles. The smallest absolute Gasteiger partial charge is 0.331 e. The summed E-state index contributed by atoms with van der Waals surface area (Å²) in [6.45, 7) is 5.74. The van der Waals surface area contributed by atoms with E-state index in [0.29, 0.717) is 30.3 Å². The summed E-state index contributed by atoms with van der Waals surface area (Å²) in [5.41, 5.74) is -0.240. The Morgan fingerprint density at radius 3 is 1.95 bits per heavy atom. The highest BCUT2D eigenvalue weighted by atomic mass is 31.2. The molecule has 0 radical (unpaired) electrons. The monoisotopic (exact) mass is 598 g/mol. The average Bonchev–Trinajstić information content (AvgIpc) is 3.41. The number of carbonyl (C=O) groups is 4. The summed E-state index contributed by atoms with van der Waals surface area (Å²) in [4.78, 5) is 58.1. The van der Waals surface area contributed by atoms with Crippen molar-refractivity contribution in [3.63, 3.8) is 0 Å². The van der Waals surface area contributed by atoms with Gasteiger partial charge in [-0.25, -0.2) is 4.79 Å². The summed E-state index contributed by atoms with van der Waals surface area (Å²) in [6.07, 6.45) is 5.56. The second-order valence-corrected chi connectivity index (χ2v) is 12.8. The van der Waals surface area contributed by atoms with Gasteiger partial charge >= 0.3 is 5.97 Å². The summed E-state index contributed by atoms with van der Waals surface area (Å²) < 4.78 is 16.7. The number of oxime groups is 1.